The van der Waals surface area contributed by atoms with E-state index < -0.39 is 11.9 Å². The molecule has 0 bridgehead atoms. The number of benzene rings is 1. The number of amides is 1. The van der Waals surface area contributed by atoms with E-state index in [0.29, 0.717) is 48.1 Å². The zero-order valence-corrected chi connectivity index (χ0v) is 22.2. The van der Waals surface area contributed by atoms with Crippen LogP contribution in [0.2, 0.25) is 10.2 Å². The number of carbonyl (C=O) groups excluding carboxylic acids is 1. The molecule has 10 nitrogen and oxygen atoms in total. The molecule has 2 aliphatic rings. The van der Waals surface area contributed by atoms with Crippen LogP contribution in [0.15, 0.2) is 23.2 Å². The Labute approximate surface area is 225 Å². The fourth-order valence-corrected chi connectivity index (χ4v) is 5.56. The summed E-state index contributed by atoms with van der Waals surface area (Å²) in [7, 11) is 0. The number of rotatable bonds is 6. The van der Waals surface area contributed by atoms with Gasteiger partial charge in [-0.25, -0.2) is 14.4 Å². The topological polar surface area (TPSA) is 143 Å². The van der Waals surface area contributed by atoms with Crippen molar-refractivity contribution < 1.29 is 9.18 Å². The number of guanidine groups is 1. The predicted molar refractivity (Wildman–Crippen MR) is 144 cm³/mol. The summed E-state index contributed by atoms with van der Waals surface area (Å²) >= 11 is 12.3. The van der Waals surface area contributed by atoms with Gasteiger partial charge in [0.15, 0.2) is 28.4 Å². The quantitative estimate of drug-likeness (QED) is 0.364. The maximum absolute atomic E-state index is 14.2. The molecule has 0 saturated carbocycles. The van der Waals surface area contributed by atoms with Crippen molar-refractivity contribution in [2.24, 2.45) is 16.5 Å². The normalized spacial score (nSPS) is 19.7. The Kier molecular flexibility index (Phi) is 8.68. The van der Waals surface area contributed by atoms with Gasteiger partial charge in [-0.3, -0.25) is 14.6 Å². The largest absolute Gasteiger partial charge is 0.382 e. The van der Waals surface area contributed by atoms with Crippen molar-refractivity contribution in [1.82, 2.24) is 19.8 Å². The van der Waals surface area contributed by atoms with E-state index in [9.17, 15) is 9.18 Å². The second-order valence-electron chi connectivity index (χ2n) is 9.40. The van der Waals surface area contributed by atoms with Crippen LogP contribution in [0.5, 0.6) is 0 Å². The van der Waals surface area contributed by atoms with Crippen LogP contribution < -0.4 is 22.1 Å². The fraction of sp³-hybridized carbons (Fsp3) is 0.500. The van der Waals surface area contributed by atoms with Crippen LogP contribution in [0.4, 0.5) is 16.0 Å². The fourth-order valence-electron chi connectivity index (χ4n) is 5.15. The number of piperazine rings is 1. The third-order valence-electron chi connectivity index (χ3n) is 7.03. The van der Waals surface area contributed by atoms with Gasteiger partial charge in [-0.2, -0.15) is 4.99 Å². The van der Waals surface area contributed by atoms with Crippen LogP contribution in [-0.4, -0.2) is 76.4 Å². The molecule has 37 heavy (non-hydrogen) atoms. The summed E-state index contributed by atoms with van der Waals surface area (Å²) in [6, 6.07) is 5.61. The van der Waals surface area contributed by atoms with Crippen molar-refractivity contribution in [3.8, 4) is 0 Å². The number of nitrogens with zero attached hydrogens (tertiary/aromatic N) is 6. The van der Waals surface area contributed by atoms with Crippen molar-refractivity contribution in [2.45, 2.75) is 44.8 Å². The number of piperidine rings is 1. The van der Waals surface area contributed by atoms with E-state index in [1.165, 1.54) is 6.07 Å². The molecule has 3 heterocycles. The minimum Gasteiger partial charge on any atom is -0.382 e. The van der Waals surface area contributed by atoms with E-state index in [4.69, 9.17) is 40.4 Å². The Morgan fingerprint density at radius 1 is 1.16 bits per heavy atom. The van der Waals surface area contributed by atoms with Gasteiger partial charge in [0.25, 0.3) is 0 Å². The molecule has 0 spiro atoms. The lowest BCUT2D eigenvalue weighted by Crippen LogP contribution is -2.58. The first kappa shape index (κ1) is 27.3. The van der Waals surface area contributed by atoms with Crippen LogP contribution >= 0.6 is 23.2 Å². The number of nitrogens with two attached hydrogens (primary N) is 3. The highest BCUT2D eigenvalue weighted by molar-refractivity contribution is 6.32. The molecule has 1 aromatic carbocycles. The lowest BCUT2D eigenvalue weighted by molar-refractivity contribution is 0.0607. The van der Waals surface area contributed by atoms with Crippen molar-refractivity contribution >= 4 is 46.7 Å². The van der Waals surface area contributed by atoms with Gasteiger partial charge in [0.1, 0.15) is 5.82 Å². The average Bonchev–Trinajstić information content (AvgIpc) is 2.86. The number of aliphatic imine (C=N–C) groups is 1. The van der Waals surface area contributed by atoms with Crippen molar-refractivity contribution in [1.29, 1.82) is 0 Å². The third-order valence-corrected chi connectivity index (χ3v) is 7.52. The standard InChI is InChI=1S/C24H32Cl2FN9O/c1-2-16-13-35(22-20(26)31-19(21(28)32-22)23(37)33-24(29)30)9-10-36(16)17-5-7-34(8-6-17)12-14-3-4-15(25)11-18(14)27/h3-4,11,16-17H,2,5-10,12-13H2,1H3,(H2,28,32)(H4,29,30,33,37)/t16-/m0/s1. The predicted octanol–water partition coefficient (Wildman–Crippen LogP) is 2.48. The average molecular weight is 552 g/mol. The van der Waals surface area contributed by atoms with Crippen molar-refractivity contribution in [2.75, 3.05) is 43.4 Å². The van der Waals surface area contributed by atoms with E-state index in [0.717, 1.165) is 38.9 Å². The first-order valence-corrected chi connectivity index (χ1v) is 13.1. The molecule has 2 saturated heterocycles. The maximum atomic E-state index is 14.2. The first-order valence-electron chi connectivity index (χ1n) is 12.3. The highest BCUT2D eigenvalue weighted by atomic mass is 35.5. The van der Waals surface area contributed by atoms with Crippen LogP contribution in [0.1, 0.15) is 42.2 Å². The number of hydrogen-bond acceptors (Lipinski definition) is 7. The molecule has 1 atom stereocenters. The first-order chi connectivity index (χ1) is 17.7. The van der Waals surface area contributed by atoms with Crippen LogP contribution in [-0.2, 0) is 6.54 Å². The second-order valence-corrected chi connectivity index (χ2v) is 10.2. The summed E-state index contributed by atoms with van der Waals surface area (Å²) in [5.41, 5.74) is 17.0. The summed E-state index contributed by atoms with van der Waals surface area (Å²) in [6.45, 7) is 6.80. The smallest absolute Gasteiger partial charge is 0.302 e. The van der Waals surface area contributed by atoms with Gasteiger partial charge in [0.2, 0.25) is 0 Å². The van der Waals surface area contributed by atoms with Crippen LogP contribution in [0.25, 0.3) is 0 Å². The minimum absolute atomic E-state index is 0.0747. The van der Waals surface area contributed by atoms with Crippen LogP contribution in [0, 0.1) is 5.82 Å². The van der Waals surface area contributed by atoms with Gasteiger partial charge >= 0.3 is 5.91 Å². The van der Waals surface area contributed by atoms with E-state index >= 15 is 0 Å². The molecule has 13 heteroatoms. The highest BCUT2D eigenvalue weighted by Crippen LogP contribution is 2.30. The summed E-state index contributed by atoms with van der Waals surface area (Å²) in [4.78, 5) is 31.0. The molecule has 0 radical (unpaired) electrons. The molecule has 1 amide bonds. The lowest BCUT2D eigenvalue weighted by Gasteiger charge is -2.47. The number of anilines is 2. The number of likely N-dealkylation sites (tertiary alicyclic amines) is 1. The molecule has 0 unspecified atom stereocenters. The Morgan fingerprint density at radius 3 is 2.54 bits per heavy atom. The monoisotopic (exact) mass is 551 g/mol. The summed E-state index contributed by atoms with van der Waals surface area (Å²) in [5, 5.41) is 0.490. The number of carbonyl (C=O) groups is 1. The molecular weight excluding hydrogens is 520 g/mol. The Balaban J connectivity index is 1.38. The number of hydrogen-bond donors (Lipinski definition) is 3. The molecule has 2 aliphatic heterocycles. The van der Waals surface area contributed by atoms with Gasteiger partial charge < -0.3 is 22.1 Å². The van der Waals surface area contributed by atoms with Crippen molar-refractivity contribution in [3.05, 3.63) is 45.4 Å². The molecule has 2 aromatic rings. The molecule has 6 N–H and O–H groups in total. The molecule has 4 rings (SSSR count). The van der Waals surface area contributed by atoms with Crippen LogP contribution in [0.3, 0.4) is 0 Å². The summed E-state index contributed by atoms with van der Waals surface area (Å²) in [5.74, 6) is -1.07. The minimum atomic E-state index is -0.792. The van der Waals surface area contributed by atoms with E-state index in [1.54, 1.807) is 12.1 Å². The molecule has 0 aliphatic carbocycles. The number of nitrogen functional groups attached to an aromatic ring is 1. The maximum Gasteiger partial charge on any atom is 0.302 e. The Bertz CT molecular complexity index is 1170. The zero-order chi connectivity index (χ0) is 26.7. The molecule has 200 valence electrons. The summed E-state index contributed by atoms with van der Waals surface area (Å²) in [6.07, 6.45) is 2.98. The van der Waals surface area contributed by atoms with Gasteiger partial charge in [0, 0.05) is 48.8 Å². The SMILES string of the molecule is CC[C@H]1CN(c2nc(N)c(C(=O)N=C(N)N)nc2Cl)CCN1C1CCN(Cc2ccc(Cl)cc2F)CC1. The highest BCUT2D eigenvalue weighted by Gasteiger charge is 2.34. The Morgan fingerprint density at radius 2 is 1.89 bits per heavy atom. The Hall–Kier alpha value is -2.73. The van der Waals surface area contributed by atoms with E-state index in [1.807, 2.05) is 0 Å². The second kappa shape index (κ2) is 11.8. The molecular formula is C24H32Cl2FN9O. The van der Waals surface area contributed by atoms with Gasteiger partial charge in [0.05, 0.1) is 0 Å². The summed E-state index contributed by atoms with van der Waals surface area (Å²) < 4.78 is 14.2. The number of halogens is 3. The van der Waals surface area contributed by atoms with Gasteiger partial charge in [-0.15, -0.1) is 0 Å². The van der Waals surface area contributed by atoms with E-state index in [-0.39, 0.29) is 22.5 Å². The van der Waals surface area contributed by atoms with Gasteiger partial charge in [-0.1, -0.05) is 36.2 Å². The zero-order valence-electron chi connectivity index (χ0n) is 20.7. The van der Waals surface area contributed by atoms with Gasteiger partial charge in [-0.05, 0) is 44.5 Å². The third kappa shape index (κ3) is 6.40. The molecule has 2 fully saturated rings. The van der Waals surface area contributed by atoms with Crippen molar-refractivity contribution in [3.63, 3.8) is 0 Å². The number of aromatic nitrogens is 2. The lowest BCUT2D eigenvalue weighted by atomic mass is 9.98. The molecule has 1 aromatic heterocycles. The van der Waals surface area contributed by atoms with E-state index in [2.05, 4.69) is 36.6 Å².